The molecule has 0 aliphatic rings. The first-order valence-electron chi connectivity index (χ1n) is 4.99. The number of imidazole rings is 1. The molecule has 0 aliphatic heterocycles. The first kappa shape index (κ1) is 11.0. The summed E-state index contributed by atoms with van der Waals surface area (Å²) in [6.07, 6.45) is 0.679. The predicted molar refractivity (Wildman–Crippen MR) is 61.8 cm³/mol. The van der Waals surface area contributed by atoms with Crippen LogP contribution in [0.3, 0.4) is 0 Å². The van der Waals surface area contributed by atoms with Crippen LogP contribution in [0.4, 0.5) is 0 Å². The van der Waals surface area contributed by atoms with Crippen LogP contribution >= 0.6 is 11.6 Å². The van der Waals surface area contributed by atoms with Crippen molar-refractivity contribution in [1.82, 2.24) is 9.55 Å². The Labute approximate surface area is 97.5 Å². The molecule has 84 valence electrons. The van der Waals surface area contributed by atoms with Gasteiger partial charge in [-0.1, -0.05) is 24.6 Å². The van der Waals surface area contributed by atoms with E-state index in [9.17, 15) is 4.79 Å². The van der Waals surface area contributed by atoms with Gasteiger partial charge in [-0.15, -0.1) is 0 Å². The third-order valence-electron chi connectivity index (χ3n) is 2.41. The smallest absolute Gasteiger partial charge is 0.323 e. The van der Waals surface area contributed by atoms with Crippen molar-refractivity contribution in [3.05, 3.63) is 29.0 Å². The zero-order chi connectivity index (χ0) is 11.7. The zero-order valence-corrected chi connectivity index (χ0v) is 9.53. The maximum Gasteiger partial charge on any atom is 0.323 e. The van der Waals surface area contributed by atoms with Crippen LogP contribution in [0.25, 0.3) is 11.0 Å². The largest absolute Gasteiger partial charge is 0.480 e. The molecule has 0 atom stereocenters. The molecule has 1 aromatic heterocycles. The van der Waals surface area contributed by atoms with Gasteiger partial charge in [0.2, 0.25) is 0 Å². The lowest BCUT2D eigenvalue weighted by atomic mass is 10.3. The Balaban J connectivity index is 2.70. The summed E-state index contributed by atoms with van der Waals surface area (Å²) in [6, 6.07) is 5.38. The lowest BCUT2D eigenvalue weighted by molar-refractivity contribution is -0.137. The zero-order valence-electron chi connectivity index (χ0n) is 8.77. The summed E-state index contributed by atoms with van der Waals surface area (Å²) >= 11 is 6.06. The van der Waals surface area contributed by atoms with Crippen LogP contribution in [0, 0.1) is 0 Å². The van der Waals surface area contributed by atoms with Crippen molar-refractivity contribution in [3.63, 3.8) is 0 Å². The number of hydrogen-bond donors (Lipinski definition) is 1. The number of rotatable bonds is 3. The number of aryl methyl sites for hydroxylation is 1. The fraction of sp³-hybridized carbons (Fsp3) is 0.273. The molecule has 1 N–H and O–H groups in total. The molecular formula is C11H11ClN2O2. The molecule has 0 fully saturated rings. The van der Waals surface area contributed by atoms with Crippen molar-refractivity contribution in [3.8, 4) is 0 Å². The minimum Gasteiger partial charge on any atom is -0.480 e. The van der Waals surface area contributed by atoms with Crippen LogP contribution in [-0.4, -0.2) is 20.6 Å². The second kappa shape index (κ2) is 4.14. The van der Waals surface area contributed by atoms with Gasteiger partial charge in [0.1, 0.15) is 12.4 Å². The standard InChI is InChI=1S/C11H11ClN2O2/c1-2-9-13-8-5-3-4-7(12)11(8)14(9)6-10(15)16/h3-5H,2,6H2,1H3,(H,15,16). The second-order valence-electron chi connectivity index (χ2n) is 3.47. The summed E-state index contributed by atoms with van der Waals surface area (Å²) in [7, 11) is 0. The Kier molecular flexibility index (Phi) is 2.83. The first-order chi connectivity index (χ1) is 7.63. The van der Waals surface area contributed by atoms with E-state index in [2.05, 4.69) is 4.98 Å². The topological polar surface area (TPSA) is 55.1 Å². The summed E-state index contributed by atoms with van der Waals surface area (Å²) in [6.45, 7) is 1.83. The van der Waals surface area contributed by atoms with Crippen LogP contribution < -0.4 is 0 Å². The molecule has 0 amide bonds. The molecule has 16 heavy (non-hydrogen) atoms. The molecule has 0 saturated heterocycles. The summed E-state index contributed by atoms with van der Waals surface area (Å²) in [4.78, 5) is 15.2. The molecule has 0 aliphatic carbocycles. The minimum atomic E-state index is -0.895. The van der Waals surface area contributed by atoms with Gasteiger partial charge in [-0.3, -0.25) is 4.79 Å². The summed E-state index contributed by atoms with van der Waals surface area (Å²) in [5, 5.41) is 9.40. The molecule has 1 heterocycles. The average Bonchev–Trinajstić information content (AvgIpc) is 2.57. The first-order valence-corrected chi connectivity index (χ1v) is 5.36. The van der Waals surface area contributed by atoms with E-state index in [1.807, 2.05) is 19.1 Å². The Morgan fingerprint density at radius 3 is 2.94 bits per heavy atom. The monoisotopic (exact) mass is 238 g/mol. The number of nitrogens with zero attached hydrogens (tertiary/aromatic N) is 2. The number of aromatic nitrogens is 2. The second-order valence-corrected chi connectivity index (χ2v) is 3.88. The number of hydrogen-bond acceptors (Lipinski definition) is 2. The van der Waals surface area contributed by atoms with Gasteiger partial charge in [-0.2, -0.15) is 0 Å². The highest BCUT2D eigenvalue weighted by Gasteiger charge is 2.13. The third-order valence-corrected chi connectivity index (χ3v) is 2.71. The van der Waals surface area contributed by atoms with Crippen molar-refractivity contribution >= 4 is 28.6 Å². The predicted octanol–water partition coefficient (Wildman–Crippen LogP) is 2.34. The molecule has 2 rings (SSSR count). The summed E-state index contributed by atoms with van der Waals surface area (Å²) in [5.41, 5.74) is 1.44. The quantitative estimate of drug-likeness (QED) is 0.893. The number of carbonyl (C=O) groups is 1. The highest BCUT2D eigenvalue weighted by atomic mass is 35.5. The molecule has 0 unspecified atom stereocenters. The van der Waals surface area contributed by atoms with E-state index in [1.165, 1.54) is 0 Å². The van der Waals surface area contributed by atoms with Gasteiger partial charge < -0.3 is 9.67 Å². The molecule has 0 saturated carbocycles. The number of carboxylic acid groups (broad SMARTS) is 1. The maximum absolute atomic E-state index is 10.8. The lowest BCUT2D eigenvalue weighted by Crippen LogP contribution is -2.11. The SMILES string of the molecule is CCc1nc2cccc(Cl)c2n1CC(=O)O. The van der Waals surface area contributed by atoms with Crippen LogP contribution in [0.15, 0.2) is 18.2 Å². The molecule has 5 heteroatoms. The van der Waals surface area contributed by atoms with Gasteiger partial charge >= 0.3 is 5.97 Å². The van der Waals surface area contributed by atoms with Crippen LogP contribution in [0.1, 0.15) is 12.7 Å². The number of carboxylic acids is 1. The van der Waals surface area contributed by atoms with Crippen LogP contribution in [-0.2, 0) is 17.8 Å². The van der Waals surface area contributed by atoms with Gasteiger partial charge in [0.25, 0.3) is 0 Å². The van der Waals surface area contributed by atoms with Gasteiger partial charge in [-0.25, -0.2) is 4.98 Å². The average molecular weight is 239 g/mol. The minimum absolute atomic E-state index is 0.108. The third kappa shape index (κ3) is 1.76. The molecular weight excluding hydrogens is 228 g/mol. The van der Waals surface area contributed by atoms with Gasteiger partial charge in [0.05, 0.1) is 16.1 Å². The van der Waals surface area contributed by atoms with Crippen molar-refractivity contribution in [2.45, 2.75) is 19.9 Å². The van der Waals surface area contributed by atoms with E-state index in [4.69, 9.17) is 16.7 Å². The van der Waals surface area contributed by atoms with Gasteiger partial charge in [-0.05, 0) is 12.1 Å². The van der Waals surface area contributed by atoms with Gasteiger partial charge in [0.15, 0.2) is 0 Å². The van der Waals surface area contributed by atoms with Gasteiger partial charge in [0, 0.05) is 6.42 Å². The van der Waals surface area contributed by atoms with E-state index in [0.717, 1.165) is 11.3 Å². The number of para-hydroxylation sites is 1. The van der Waals surface area contributed by atoms with Crippen molar-refractivity contribution < 1.29 is 9.90 Å². The highest BCUT2D eigenvalue weighted by molar-refractivity contribution is 6.35. The van der Waals surface area contributed by atoms with E-state index < -0.39 is 5.97 Å². The Morgan fingerprint density at radius 2 is 2.31 bits per heavy atom. The fourth-order valence-electron chi connectivity index (χ4n) is 1.77. The van der Waals surface area contributed by atoms with E-state index in [-0.39, 0.29) is 6.54 Å². The van der Waals surface area contributed by atoms with Crippen molar-refractivity contribution in [2.24, 2.45) is 0 Å². The normalized spacial score (nSPS) is 10.9. The Morgan fingerprint density at radius 1 is 1.56 bits per heavy atom. The molecule has 0 spiro atoms. The molecule has 1 aromatic carbocycles. The molecule has 2 aromatic rings. The highest BCUT2D eigenvalue weighted by Crippen LogP contribution is 2.24. The summed E-state index contributed by atoms with van der Waals surface area (Å²) in [5.74, 6) is -0.153. The molecule has 0 bridgehead atoms. The van der Waals surface area contributed by atoms with E-state index >= 15 is 0 Å². The van der Waals surface area contributed by atoms with Crippen LogP contribution in [0.2, 0.25) is 5.02 Å². The van der Waals surface area contributed by atoms with E-state index in [1.54, 1.807) is 10.6 Å². The van der Waals surface area contributed by atoms with Crippen molar-refractivity contribution in [1.29, 1.82) is 0 Å². The fourth-order valence-corrected chi connectivity index (χ4v) is 2.04. The number of aliphatic carboxylic acids is 1. The number of halogens is 1. The Bertz CT molecular complexity index is 548. The lowest BCUT2D eigenvalue weighted by Gasteiger charge is -2.05. The summed E-state index contributed by atoms with van der Waals surface area (Å²) < 4.78 is 1.65. The number of benzene rings is 1. The maximum atomic E-state index is 10.8. The van der Waals surface area contributed by atoms with Crippen molar-refractivity contribution in [2.75, 3.05) is 0 Å². The van der Waals surface area contributed by atoms with Crippen LogP contribution in [0.5, 0.6) is 0 Å². The molecule has 0 radical (unpaired) electrons. The molecule has 4 nitrogen and oxygen atoms in total. The number of fused-ring (bicyclic) bond motifs is 1. The van der Waals surface area contributed by atoms with E-state index in [0.29, 0.717) is 17.0 Å². The Hall–Kier alpha value is -1.55.